The number of H-pyrrole nitrogens is 1. The van der Waals surface area contributed by atoms with Gasteiger partial charge in [0, 0.05) is 11.1 Å². The van der Waals surface area contributed by atoms with Crippen molar-refractivity contribution in [1.82, 2.24) is 4.98 Å². The molecule has 1 heterocycles. The molecule has 3 N–H and O–H groups in total. The van der Waals surface area contributed by atoms with E-state index in [1.54, 1.807) is 0 Å². The van der Waals surface area contributed by atoms with Gasteiger partial charge in [-0.3, -0.25) is 0 Å². The minimum absolute atomic E-state index is 0.0205. The maximum atomic E-state index is 9.99. The van der Waals surface area contributed by atoms with E-state index >= 15 is 0 Å². The van der Waals surface area contributed by atoms with E-state index in [1.165, 1.54) is 5.56 Å². The maximum absolute atomic E-state index is 9.99. The third-order valence-electron chi connectivity index (χ3n) is 3.87. The van der Waals surface area contributed by atoms with Crippen LogP contribution in [-0.4, -0.2) is 15.2 Å². The van der Waals surface area contributed by atoms with Crippen LogP contribution < -0.4 is 5.32 Å². The first-order chi connectivity index (χ1) is 11.6. The average Bonchev–Trinajstić information content (AvgIpc) is 2.90. The molecule has 0 unspecified atom stereocenters. The molecule has 2 aromatic carbocycles. The Hall–Kier alpha value is -2.73. The fraction of sp³-hybridized carbons (Fsp3) is 0.167. The van der Waals surface area contributed by atoms with Gasteiger partial charge < -0.3 is 15.4 Å². The molecule has 3 aromatic rings. The van der Waals surface area contributed by atoms with Crippen molar-refractivity contribution >= 4 is 39.6 Å². The van der Waals surface area contributed by atoms with Crippen LogP contribution in [0.25, 0.3) is 10.9 Å². The summed E-state index contributed by atoms with van der Waals surface area (Å²) in [7, 11) is 0. The Morgan fingerprint density at radius 1 is 1.21 bits per heavy atom. The molecule has 0 aliphatic rings. The molecule has 5 nitrogen and oxygen atoms in total. The number of aromatic nitrogens is 1. The van der Waals surface area contributed by atoms with Crippen LogP contribution in [0.5, 0.6) is 5.88 Å². The minimum Gasteiger partial charge on any atom is -0.493 e. The van der Waals surface area contributed by atoms with Gasteiger partial charge in [0.25, 0.3) is 0 Å². The summed E-state index contributed by atoms with van der Waals surface area (Å²) in [4.78, 5) is 2.87. The largest absolute Gasteiger partial charge is 0.493 e. The molecule has 0 radical (unpaired) electrons. The summed E-state index contributed by atoms with van der Waals surface area (Å²) >= 11 is 5.28. The number of hydrogen-bond acceptors (Lipinski definition) is 3. The highest BCUT2D eigenvalue weighted by Gasteiger charge is 2.10. The SMILES string of the molecule is CCc1cccc(C)c1NC(=S)N=Nc1c(O)[nH]c2ccccc12. The monoisotopic (exact) mass is 338 g/mol. The number of anilines is 1. The molecule has 0 spiro atoms. The molecule has 122 valence electrons. The zero-order valence-electron chi connectivity index (χ0n) is 13.5. The Balaban J connectivity index is 1.85. The Morgan fingerprint density at radius 2 is 2.00 bits per heavy atom. The van der Waals surface area contributed by atoms with E-state index in [0.717, 1.165) is 28.6 Å². The molecule has 0 saturated carbocycles. The highest BCUT2D eigenvalue weighted by molar-refractivity contribution is 7.80. The number of nitrogens with zero attached hydrogens (tertiary/aromatic N) is 2. The van der Waals surface area contributed by atoms with Crippen LogP contribution in [0.4, 0.5) is 11.4 Å². The van der Waals surface area contributed by atoms with Crippen molar-refractivity contribution < 1.29 is 5.11 Å². The molecule has 0 bridgehead atoms. The summed E-state index contributed by atoms with van der Waals surface area (Å²) in [5.74, 6) is -0.0205. The second-order valence-corrected chi connectivity index (χ2v) is 5.85. The Kier molecular flexibility index (Phi) is 4.57. The predicted octanol–water partition coefficient (Wildman–Crippen LogP) is 5.23. The van der Waals surface area contributed by atoms with Gasteiger partial charge in [-0.15, -0.1) is 10.2 Å². The molecule has 24 heavy (non-hydrogen) atoms. The molecular formula is C18H18N4OS. The average molecular weight is 338 g/mol. The van der Waals surface area contributed by atoms with E-state index in [2.05, 4.69) is 33.5 Å². The highest BCUT2D eigenvalue weighted by atomic mass is 32.1. The first-order valence-corrected chi connectivity index (χ1v) is 8.12. The van der Waals surface area contributed by atoms with Crippen LogP contribution in [0.1, 0.15) is 18.1 Å². The Labute approximate surface area is 145 Å². The number of para-hydroxylation sites is 2. The summed E-state index contributed by atoms with van der Waals surface area (Å²) in [5.41, 5.74) is 4.42. The molecule has 1 aromatic heterocycles. The fourth-order valence-corrected chi connectivity index (χ4v) is 2.79. The van der Waals surface area contributed by atoms with Crippen molar-refractivity contribution in [3.05, 3.63) is 53.6 Å². The summed E-state index contributed by atoms with van der Waals surface area (Å²) in [6.45, 7) is 4.11. The number of benzene rings is 2. The summed E-state index contributed by atoms with van der Waals surface area (Å²) in [5, 5.41) is 22.4. The van der Waals surface area contributed by atoms with Crippen LogP contribution in [-0.2, 0) is 6.42 Å². The standard InChI is InChI=1S/C18H18N4OS/c1-3-12-8-6-7-11(2)15(12)20-18(24)22-21-16-13-9-4-5-10-14(13)19-17(16)23/h4-10,19,23H,3H2,1-2H3,(H,20,24). The number of azo groups is 1. The van der Waals surface area contributed by atoms with Gasteiger partial charge in [-0.05, 0) is 42.8 Å². The van der Waals surface area contributed by atoms with Crippen LogP contribution in [0.15, 0.2) is 52.7 Å². The van der Waals surface area contributed by atoms with Crippen LogP contribution in [0, 0.1) is 6.92 Å². The highest BCUT2D eigenvalue weighted by Crippen LogP contribution is 2.35. The minimum atomic E-state index is -0.0205. The lowest BCUT2D eigenvalue weighted by Crippen LogP contribution is -2.08. The lowest BCUT2D eigenvalue weighted by atomic mass is 10.1. The van der Waals surface area contributed by atoms with Crippen molar-refractivity contribution in [2.75, 3.05) is 5.32 Å². The summed E-state index contributed by atoms with van der Waals surface area (Å²) in [6.07, 6.45) is 0.896. The smallest absolute Gasteiger partial charge is 0.218 e. The molecule has 3 rings (SSSR count). The molecule has 0 amide bonds. The fourth-order valence-electron chi connectivity index (χ4n) is 2.64. The summed E-state index contributed by atoms with van der Waals surface area (Å²) < 4.78 is 0. The van der Waals surface area contributed by atoms with Gasteiger partial charge in [-0.2, -0.15) is 0 Å². The van der Waals surface area contributed by atoms with Crippen molar-refractivity contribution in [3.63, 3.8) is 0 Å². The van der Waals surface area contributed by atoms with Crippen LogP contribution in [0.2, 0.25) is 0 Å². The first kappa shape index (κ1) is 16.1. The van der Waals surface area contributed by atoms with Gasteiger partial charge >= 0.3 is 0 Å². The van der Waals surface area contributed by atoms with Crippen molar-refractivity contribution in [2.45, 2.75) is 20.3 Å². The third-order valence-corrected chi connectivity index (χ3v) is 4.06. The number of nitrogens with one attached hydrogen (secondary N) is 2. The lowest BCUT2D eigenvalue weighted by molar-refractivity contribution is 0.459. The number of aromatic amines is 1. The van der Waals surface area contributed by atoms with Gasteiger partial charge in [0.1, 0.15) is 0 Å². The summed E-state index contributed by atoms with van der Waals surface area (Å²) in [6, 6.07) is 13.6. The van der Waals surface area contributed by atoms with Gasteiger partial charge in [-0.25, -0.2) is 0 Å². The predicted molar refractivity (Wildman–Crippen MR) is 101 cm³/mol. The van der Waals surface area contributed by atoms with E-state index in [0.29, 0.717) is 5.69 Å². The van der Waals surface area contributed by atoms with Crippen molar-refractivity contribution in [2.24, 2.45) is 10.2 Å². The number of thiocarbonyl (C=S) groups is 1. The van der Waals surface area contributed by atoms with E-state index in [-0.39, 0.29) is 11.0 Å². The Morgan fingerprint density at radius 3 is 2.79 bits per heavy atom. The van der Waals surface area contributed by atoms with Crippen molar-refractivity contribution in [3.8, 4) is 5.88 Å². The first-order valence-electron chi connectivity index (χ1n) is 7.71. The van der Waals surface area contributed by atoms with E-state index in [9.17, 15) is 5.11 Å². The molecule has 6 heteroatoms. The second-order valence-electron chi connectivity index (χ2n) is 5.46. The lowest BCUT2D eigenvalue weighted by Gasteiger charge is -2.11. The van der Waals surface area contributed by atoms with E-state index < -0.39 is 0 Å². The van der Waals surface area contributed by atoms with Gasteiger partial charge in [0.15, 0.2) is 5.69 Å². The quantitative estimate of drug-likeness (QED) is 0.452. The number of aryl methyl sites for hydroxylation is 2. The normalized spacial score (nSPS) is 11.2. The second kappa shape index (κ2) is 6.80. The number of rotatable bonds is 3. The third kappa shape index (κ3) is 3.14. The molecule has 0 saturated heterocycles. The van der Waals surface area contributed by atoms with Crippen LogP contribution in [0.3, 0.4) is 0 Å². The van der Waals surface area contributed by atoms with Gasteiger partial charge in [-0.1, -0.05) is 43.3 Å². The molecule has 0 fully saturated rings. The van der Waals surface area contributed by atoms with E-state index in [4.69, 9.17) is 12.2 Å². The van der Waals surface area contributed by atoms with Crippen LogP contribution >= 0.6 is 12.2 Å². The number of hydrogen-bond donors (Lipinski definition) is 3. The maximum Gasteiger partial charge on any atom is 0.218 e. The zero-order valence-corrected chi connectivity index (χ0v) is 14.3. The zero-order chi connectivity index (χ0) is 17.1. The topological polar surface area (TPSA) is 72.8 Å². The van der Waals surface area contributed by atoms with Crippen molar-refractivity contribution in [1.29, 1.82) is 0 Å². The molecule has 0 aliphatic heterocycles. The molecule has 0 aliphatic carbocycles. The van der Waals surface area contributed by atoms with Gasteiger partial charge in [0.05, 0.1) is 5.52 Å². The number of fused-ring (bicyclic) bond motifs is 1. The Bertz CT molecular complexity index is 930. The molecular weight excluding hydrogens is 320 g/mol. The molecule has 0 atom stereocenters. The van der Waals surface area contributed by atoms with Gasteiger partial charge in [0.2, 0.25) is 11.0 Å². The number of aromatic hydroxyl groups is 1. The van der Waals surface area contributed by atoms with E-state index in [1.807, 2.05) is 43.3 Å².